The molecule has 1 saturated heterocycles. The molecule has 3 atom stereocenters. The van der Waals surface area contributed by atoms with Gasteiger partial charge in [-0.2, -0.15) is 0 Å². The number of carbonyl (C=O) groups is 2. The van der Waals surface area contributed by atoms with Crippen LogP contribution in [0, 0.1) is 11.8 Å². The van der Waals surface area contributed by atoms with Gasteiger partial charge in [0.15, 0.2) is 0 Å². The highest BCUT2D eigenvalue weighted by molar-refractivity contribution is 5.85. The number of halogens is 2. The van der Waals surface area contributed by atoms with Gasteiger partial charge in [0.25, 0.3) is 0 Å². The number of nitrogens with two attached hydrogens (primary N) is 2. The number of hydrogen-bond donors (Lipinski definition) is 3. The van der Waals surface area contributed by atoms with E-state index in [-0.39, 0.29) is 54.5 Å². The summed E-state index contributed by atoms with van der Waals surface area (Å²) in [4.78, 5) is 26.1. The second-order valence-electron chi connectivity index (χ2n) is 8.14. The Kier molecular flexibility index (Phi) is 11.0. The summed E-state index contributed by atoms with van der Waals surface area (Å²) in [6.45, 7) is 3.08. The fourth-order valence-corrected chi connectivity index (χ4v) is 4.33. The molecule has 2 fully saturated rings. The molecule has 1 aliphatic carbocycles. The zero-order valence-electron chi connectivity index (χ0n) is 16.8. The molecule has 164 valence electrons. The summed E-state index contributed by atoms with van der Waals surface area (Å²) in [7, 11) is 0. The van der Waals surface area contributed by atoms with Gasteiger partial charge in [-0.25, -0.2) is 0 Å². The molecule has 0 aromatic heterocycles. The first-order valence-electron chi connectivity index (χ1n) is 10.1. The van der Waals surface area contributed by atoms with E-state index >= 15 is 0 Å². The maximum absolute atomic E-state index is 12.4. The van der Waals surface area contributed by atoms with E-state index in [0.717, 1.165) is 63.7 Å². The Labute approximate surface area is 186 Å². The molecule has 8 heteroatoms. The Morgan fingerprint density at radius 2 is 1.79 bits per heavy atom. The average molecular weight is 445 g/mol. The zero-order valence-corrected chi connectivity index (χ0v) is 18.5. The van der Waals surface area contributed by atoms with Crippen LogP contribution in [0.25, 0.3) is 0 Å². The quantitative estimate of drug-likeness (QED) is 0.626. The molecular weight excluding hydrogens is 411 g/mol. The highest BCUT2D eigenvalue weighted by atomic mass is 35.5. The highest BCUT2D eigenvalue weighted by Crippen LogP contribution is 2.23. The van der Waals surface area contributed by atoms with Crippen LogP contribution < -0.4 is 16.8 Å². The van der Waals surface area contributed by atoms with Crippen molar-refractivity contribution in [2.24, 2.45) is 23.3 Å². The van der Waals surface area contributed by atoms with Crippen LogP contribution in [0.5, 0.6) is 0 Å². The molecule has 1 aromatic carbocycles. The van der Waals surface area contributed by atoms with Crippen molar-refractivity contribution in [1.82, 2.24) is 10.2 Å². The first kappa shape index (κ1) is 25.7. The fraction of sp³-hybridized carbons (Fsp3) is 0.619. The van der Waals surface area contributed by atoms with Crippen LogP contribution in [0.4, 0.5) is 0 Å². The lowest BCUT2D eigenvalue weighted by molar-refractivity contribution is -0.126. The SMILES string of the molecule is Cl.Cl.NC(=O)C1CCCN(Cc2cccc(CNC(=O)C3CCCC(N)C3)c2)C1. The van der Waals surface area contributed by atoms with E-state index in [4.69, 9.17) is 11.5 Å². The summed E-state index contributed by atoms with van der Waals surface area (Å²) in [5.74, 6) is -0.0615. The first-order chi connectivity index (χ1) is 13.0. The average Bonchev–Trinajstić information content (AvgIpc) is 2.66. The van der Waals surface area contributed by atoms with Gasteiger partial charge in [0.2, 0.25) is 11.8 Å². The second-order valence-corrected chi connectivity index (χ2v) is 8.14. The van der Waals surface area contributed by atoms with Crippen LogP contribution >= 0.6 is 24.8 Å². The molecule has 1 saturated carbocycles. The molecule has 29 heavy (non-hydrogen) atoms. The van der Waals surface area contributed by atoms with Crippen LogP contribution in [-0.4, -0.2) is 35.8 Å². The van der Waals surface area contributed by atoms with Gasteiger partial charge in [0.05, 0.1) is 5.92 Å². The van der Waals surface area contributed by atoms with Gasteiger partial charge in [0.1, 0.15) is 0 Å². The third-order valence-corrected chi connectivity index (χ3v) is 5.86. The number of piperidine rings is 1. The maximum atomic E-state index is 12.4. The Morgan fingerprint density at radius 3 is 2.52 bits per heavy atom. The van der Waals surface area contributed by atoms with Gasteiger partial charge in [-0.1, -0.05) is 30.7 Å². The van der Waals surface area contributed by atoms with Crippen LogP contribution in [0.15, 0.2) is 24.3 Å². The van der Waals surface area contributed by atoms with Crippen molar-refractivity contribution in [3.05, 3.63) is 35.4 Å². The van der Waals surface area contributed by atoms with E-state index < -0.39 is 0 Å². The molecule has 2 aliphatic rings. The van der Waals surface area contributed by atoms with Gasteiger partial charge < -0.3 is 16.8 Å². The summed E-state index contributed by atoms with van der Waals surface area (Å²) in [6, 6.07) is 8.47. The Balaban J connectivity index is 0.00000210. The zero-order chi connectivity index (χ0) is 19.2. The summed E-state index contributed by atoms with van der Waals surface area (Å²) < 4.78 is 0. The molecule has 5 N–H and O–H groups in total. The number of hydrogen-bond acceptors (Lipinski definition) is 4. The summed E-state index contributed by atoms with van der Waals surface area (Å²) in [5, 5.41) is 3.07. The maximum Gasteiger partial charge on any atom is 0.223 e. The summed E-state index contributed by atoms with van der Waals surface area (Å²) >= 11 is 0. The largest absolute Gasteiger partial charge is 0.369 e. The number of carbonyl (C=O) groups excluding carboxylic acids is 2. The van der Waals surface area contributed by atoms with Gasteiger partial charge >= 0.3 is 0 Å². The van der Waals surface area contributed by atoms with Gasteiger partial charge in [-0.3, -0.25) is 14.5 Å². The Hall–Kier alpha value is -1.34. The number of likely N-dealkylation sites (tertiary alicyclic amines) is 1. The van der Waals surface area contributed by atoms with Crippen molar-refractivity contribution in [3.63, 3.8) is 0 Å². The predicted molar refractivity (Wildman–Crippen MR) is 120 cm³/mol. The molecule has 1 heterocycles. The molecular formula is C21H34Cl2N4O2. The number of amides is 2. The lowest BCUT2D eigenvalue weighted by Crippen LogP contribution is -2.40. The summed E-state index contributed by atoms with van der Waals surface area (Å²) in [5.41, 5.74) is 13.8. The van der Waals surface area contributed by atoms with Crippen molar-refractivity contribution >= 4 is 36.6 Å². The second kappa shape index (κ2) is 12.4. The molecule has 0 bridgehead atoms. The summed E-state index contributed by atoms with van der Waals surface area (Å²) in [6.07, 6.45) is 5.70. The third-order valence-electron chi connectivity index (χ3n) is 5.86. The Bertz CT molecular complexity index is 674. The predicted octanol–water partition coefficient (Wildman–Crippen LogP) is 2.36. The van der Waals surface area contributed by atoms with Gasteiger partial charge in [0, 0.05) is 31.6 Å². The lowest BCUT2D eigenvalue weighted by Gasteiger charge is -2.31. The van der Waals surface area contributed by atoms with E-state index in [1.54, 1.807) is 0 Å². The number of primary amides is 1. The molecule has 2 amide bonds. The minimum Gasteiger partial charge on any atom is -0.369 e. The minimum absolute atomic E-state index is 0. The number of rotatable bonds is 6. The van der Waals surface area contributed by atoms with Crippen LogP contribution in [0.1, 0.15) is 49.7 Å². The molecule has 6 nitrogen and oxygen atoms in total. The monoisotopic (exact) mass is 444 g/mol. The lowest BCUT2D eigenvalue weighted by atomic mass is 9.85. The number of benzene rings is 1. The van der Waals surface area contributed by atoms with Crippen LogP contribution in [-0.2, 0) is 22.7 Å². The molecule has 3 rings (SSSR count). The van der Waals surface area contributed by atoms with Gasteiger partial charge in [-0.05, 0) is 49.8 Å². The van der Waals surface area contributed by atoms with E-state index in [2.05, 4.69) is 22.3 Å². The molecule has 0 radical (unpaired) electrons. The van der Waals surface area contributed by atoms with Crippen molar-refractivity contribution in [1.29, 1.82) is 0 Å². The molecule has 3 unspecified atom stereocenters. The molecule has 1 aliphatic heterocycles. The normalized spacial score (nSPS) is 24.7. The van der Waals surface area contributed by atoms with Crippen molar-refractivity contribution in [2.75, 3.05) is 13.1 Å². The molecule has 1 aromatic rings. The standard InChI is InChI=1S/C21H32N4O2.2ClH/c22-19-8-2-6-17(11-19)21(27)24-12-15-4-1-5-16(10-15)13-25-9-3-7-18(14-25)20(23)26;;/h1,4-5,10,17-19H,2-3,6-9,11-14,22H2,(H2,23,26)(H,24,27);2*1H. The third kappa shape index (κ3) is 7.78. The van der Waals surface area contributed by atoms with E-state index in [9.17, 15) is 9.59 Å². The van der Waals surface area contributed by atoms with Crippen molar-refractivity contribution < 1.29 is 9.59 Å². The highest BCUT2D eigenvalue weighted by Gasteiger charge is 2.25. The molecule has 0 spiro atoms. The topological polar surface area (TPSA) is 101 Å². The van der Waals surface area contributed by atoms with Crippen molar-refractivity contribution in [3.8, 4) is 0 Å². The van der Waals surface area contributed by atoms with E-state index in [0.29, 0.717) is 6.54 Å². The minimum atomic E-state index is -0.196. The van der Waals surface area contributed by atoms with Crippen LogP contribution in [0.2, 0.25) is 0 Å². The number of nitrogens with zero attached hydrogens (tertiary/aromatic N) is 1. The smallest absolute Gasteiger partial charge is 0.223 e. The van der Waals surface area contributed by atoms with E-state index in [1.807, 2.05) is 12.1 Å². The number of nitrogens with one attached hydrogen (secondary N) is 1. The van der Waals surface area contributed by atoms with E-state index in [1.165, 1.54) is 5.56 Å². The Morgan fingerprint density at radius 1 is 1.07 bits per heavy atom. The van der Waals surface area contributed by atoms with Gasteiger partial charge in [-0.15, -0.1) is 24.8 Å². The van der Waals surface area contributed by atoms with Crippen molar-refractivity contribution in [2.45, 2.75) is 57.7 Å². The van der Waals surface area contributed by atoms with Crippen LogP contribution in [0.3, 0.4) is 0 Å². The first-order valence-corrected chi connectivity index (χ1v) is 10.1. The fourth-order valence-electron chi connectivity index (χ4n) is 4.33.